The number of hydrogen-bond acceptors (Lipinski definition) is 4. The Kier molecular flexibility index (Phi) is 6.30. The molecule has 0 fully saturated rings. The molecule has 0 heterocycles. The van der Waals surface area contributed by atoms with E-state index in [0.717, 1.165) is 31.9 Å². The fourth-order valence-electron chi connectivity index (χ4n) is 1.41. The van der Waals surface area contributed by atoms with Crippen molar-refractivity contribution < 1.29 is 4.74 Å². The molecule has 1 N–H and O–H groups in total. The van der Waals surface area contributed by atoms with Crippen molar-refractivity contribution in [2.75, 3.05) is 26.7 Å². The summed E-state index contributed by atoms with van der Waals surface area (Å²) in [5.74, 6) is 0.891. The summed E-state index contributed by atoms with van der Waals surface area (Å²) in [5, 5.41) is 3.27. The number of nitrogens with one attached hydrogen (secondary N) is 1. The number of benzene rings is 1. The van der Waals surface area contributed by atoms with E-state index in [0.29, 0.717) is 0 Å². The van der Waals surface area contributed by atoms with Crippen molar-refractivity contribution >= 4 is 12.8 Å². The molecular weight excluding hydrogens is 220 g/mol. The van der Waals surface area contributed by atoms with Gasteiger partial charge in [-0.25, -0.2) is 4.31 Å². The Morgan fingerprint density at radius 1 is 1.31 bits per heavy atom. The van der Waals surface area contributed by atoms with Gasteiger partial charge in [0.25, 0.3) is 0 Å². The first-order valence-corrected chi connectivity index (χ1v) is 5.93. The molecule has 0 spiro atoms. The summed E-state index contributed by atoms with van der Waals surface area (Å²) in [7, 11) is 1.68. The van der Waals surface area contributed by atoms with Gasteiger partial charge in [0.15, 0.2) is 0 Å². The number of methoxy groups -OCH3 is 1. The second-order valence-corrected chi connectivity index (χ2v) is 4.16. The molecule has 0 aliphatic carbocycles. The minimum absolute atomic E-state index is 0.846. The molecule has 3 nitrogen and oxygen atoms in total. The zero-order chi connectivity index (χ0) is 11.8. The van der Waals surface area contributed by atoms with Gasteiger partial charge in [0.1, 0.15) is 5.75 Å². The number of rotatable bonds is 7. The lowest BCUT2D eigenvalue weighted by atomic mass is 10.2. The third kappa shape index (κ3) is 4.88. The maximum absolute atomic E-state index is 5.11. The van der Waals surface area contributed by atoms with Crippen molar-refractivity contribution in [3.05, 3.63) is 29.8 Å². The Hall–Kier alpha value is -0.710. The van der Waals surface area contributed by atoms with Gasteiger partial charge < -0.3 is 10.1 Å². The largest absolute Gasteiger partial charge is 0.497 e. The Labute approximate surface area is 103 Å². The van der Waals surface area contributed by atoms with Crippen LogP contribution in [-0.2, 0) is 6.54 Å². The molecule has 1 rings (SSSR count). The first-order valence-electron chi connectivity index (χ1n) is 5.53. The van der Waals surface area contributed by atoms with Crippen LogP contribution in [0.25, 0.3) is 0 Å². The fraction of sp³-hybridized carbons (Fsp3) is 0.500. The van der Waals surface area contributed by atoms with E-state index in [4.69, 9.17) is 4.74 Å². The molecule has 1 aromatic carbocycles. The van der Waals surface area contributed by atoms with Crippen molar-refractivity contribution in [3.8, 4) is 5.75 Å². The van der Waals surface area contributed by atoms with Crippen molar-refractivity contribution in [1.82, 2.24) is 9.62 Å². The highest BCUT2D eigenvalue weighted by molar-refractivity contribution is 7.77. The van der Waals surface area contributed by atoms with Gasteiger partial charge >= 0.3 is 0 Å². The summed E-state index contributed by atoms with van der Waals surface area (Å²) in [6.45, 7) is 5.86. The van der Waals surface area contributed by atoms with Gasteiger partial charge in [0.05, 0.1) is 7.11 Å². The summed E-state index contributed by atoms with van der Waals surface area (Å²) >= 11 is 4.43. The molecule has 0 aromatic heterocycles. The SMILES string of the molecule is CCNCCN(S)Cc1ccc(OC)cc1. The second kappa shape index (κ2) is 7.54. The Morgan fingerprint density at radius 2 is 2.00 bits per heavy atom. The lowest BCUT2D eigenvalue weighted by molar-refractivity contribution is 0.414. The third-order valence-corrected chi connectivity index (χ3v) is 2.66. The molecule has 0 atom stereocenters. The fourth-order valence-corrected chi connectivity index (χ4v) is 1.67. The average Bonchev–Trinajstić information content (AvgIpc) is 2.30. The Bertz CT molecular complexity index is 290. The van der Waals surface area contributed by atoms with E-state index in [2.05, 4.69) is 37.2 Å². The molecule has 16 heavy (non-hydrogen) atoms. The molecule has 0 radical (unpaired) electrons. The molecule has 90 valence electrons. The molecule has 0 unspecified atom stereocenters. The van der Waals surface area contributed by atoms with Crippen LogP contribution < -0.4 is 10.1 Å². The summed E-state index contributed by atoms with van der Waals surface area (Å²) in [5.41, 5.74) is 1.24. The van der Waals surface area contributed by atoms with E-state index >= 15 is 0 Å². The van der Waals surface area contributed by atoms with Gasteiger partial charge in [-0.05, 0) is 24.2 Å². The van der Waals surface area contributed by atoms with E-state index < -0.39 is 0 Å². The van der Waals surface area contributed by atoms with Crippen LogP contribution in [0.4, 0.5) is 0 Å². The van der Waals surface area contributed by atoms with Crippen LogP contribution >= 0.6 is 12.8 Å². The van der Waals surface area contributed by atoms with Crippen LogP contribution in [0.1, 0.15) is 12.5 Å². The van der Waals surface area contributed by atoms with Crippen LogP contribution in [0.15, 0.2) is 24.3 Å². The Morgan fingerprint density at radius 3 is 2.56 bits per heavy atom. The van der Waals surface area contributed by atoms with E-state index in [1.165, 1.54) is 5.56 Å². The molecule has 0 amide bonds. The van der Waals surface area contributed by atoms with Crippen LogP contribution in [-0.4, -0.2) is 31.0 Å². The first-order chi connectivity index (χ1) is 7.76. The highest BCUT2D eigenvalue weighted by Gasteiger charge is 2.00. The normalized spacial score (nSPS) is 10.8. The molecule has 4 heteroatoms. The average molecular weight is 240 g/mol. The quantitative estimate of drug-likeness (QED) is 0.563. The number of hydrogen-bond donors (Lipinski definition) is 2. The lowest BCUT2D eigenvalue weighted by Crippen LogP contribution is -2.25. The minimum atomic E-state index is 0.846. The summed E-state index contributed by atoms with van der Waals surface area (Å²) in [6, 6.07) is 8.08. The van der Waals surface area contributed by atoms with Crippen molar-refractivity contribution in [1.29, 1.82) is 0 Å². The van der Waals surface area contributed by atoms with Gasteiger partial charge in [-0.2, -0.15) is 0 Å². The monoisotopic (exact) mass is 240 g/mol. The molecule has 0 aliphatic rings. The molecular formula is C12H20N2OS. The van der Waals surface area contributed by atoms with Crippen LogP contribution in [0.2, 0.25) is 0 Å². The van der Waals surface area contributed by atoms with E-state index in [9.17, 15) is 0 Å². The zero-order valence-corrected chi connectivity index (χ0v) is 10.8. The molecule has 0 saturated heterocycles. The molecule has 0 bridgehead atoms. The van der Waals surface area contributed by atoms with E-state index in [1.54, 1.807) is 7.11 Å². The highest BCUT2D eigenvalue weighted by atomic mass is 32.1. The molecule has 1 aromatic rings. The maximum Gasteiger partial charge on any atom is 0.118 e. The van der Waals surface area contributed by atoms with E-state index in [-0.39, 0.29) is 0 Å². The number of likely N-dealkylation sites (N-methyl/N-ethyl adjacent to an activating group) is 1. The van der Waals surface area contributed by atoms with Crippen molar-refractivity contribution in [3.63, 3.8) is 0 Å². The minimum Gasteiger partial charge on any atom is -0.497 e. The first kappa shape index (κ1) is 13.4. The van der Waals surface area contributed by atoms with Gasteiger partial charge in [-0.1, -0.05) is 31.9 Å². The maximum atomic E-state index is 5.11. The van der Waals surface area contributed by atoms with Gasteiger partial charge in [0.2, 0.25) is 0 Å². The smallest absolute Gasteiger partial charge is 0.118 e. The number of thiol groups is 1. The summed E-state index contributed by atoms with van der Waals surface area (Å²) < 4.78 is 7.12. The van der Waals surface area contributed by atoms with Gasteiger partial charge in [0, 0.05) is 19.6 Å². The number of ether oxygens (including phenoxy) is 1. The third-order valence-electron chi connectivity index (χ3n) is 2.32. The number of nitrogens with zero attached hydrogens (tertiary/aromatic N) is 1. The molecule has 0 saturated carbocycles. The zero-order valence-electron chi connectivity index (χ0n) is 9.94. The van der Waals surface area contributed by atoms with E-state index in [1.807, 2.05) is 16.4 Å². The lowest BCUT2D eigenvalue weighted by Gasteiger charge is -2.15. The van der Waals surface area contributed by atoms with Crippen LogP contribution in [0.5, 0.6) is 5.75 Å². The predicted octanol–water partition coefficient (Wildman–Crippen LogP) is 1.95. The van der Waals surface area contributed by atoms with Gasteiger partial charge in [-0.15, -0.1) is 0 Å². The second-order valence-electron chi connectivity index (χ2n) is 3.59. The molecule has 0 aliphatic heterocycles. The van der Waals surface area contributed by atoms with Gasteiger partial charge in [-0.3, -0.25) is 0 Å². The highest BCUT2D eigenvalue weighted by Crippen LogP contribution is 2.13. The summed E-state index contributed by atoms with van der Waals surface area (Å²) in [4.78, 5) is 0. The van der Waals surface area contributed by atoms with Crippen molar-refractivity contribution in [2.24, 2.45) is 0 Å². The summed E-state index contributed by atoms with van der Waals surface area (Å²) in [6.07, 6.45) is 0. The van der Waals surface area contributed by atoms with Crippen LogP contribution in [0.3, 0.4) is 0 Å². The van der Waals surface area contributed by atoms with Crippen LogP contribution in [0, 0.1) is 0 Å². The van der Waals surface area contributed by atoms with Crippen molar-refractivity contribution in [2.45, 2.75) is 13.5 Å². The predicted molar refractivity (Wildman–Crippen MR) is 70.9 cm³/mol. The topological polar surface area (TPSA) is 24.5 Å². The Balaban J connectivity index is 2.34. The standard InChI is InChI=1S/C12H20N2OS/c1-3-13-8-9-14(16)10-11-4-6-12(15-2)7-5-11/h4-7,13,16H,3,8-10H2,1-2H3.